The summed E-state index contributed by atoms with van der Waals surface area (Å²) in [6.45, 7) is -0.507. The van der Waals surface area contributed by atoms with E-state index >= 15 is 0 Å². The van der Waals surface area contributed by atoms with Crippen LogP contribution in [0.3, 0.4) is 0 Å². The zero-order valence-electron chi connectivity index (χ0n) is 11.9. The Kier molecular flexibility index (Phi) is 6.13. The molecule has 0 aromatic heterocycles. The summed E-state index contributed by atoms with van der Waals surface area (Å²) in [5, 5.41) is 26.6. The van der Waals surface area contributed by atoms with Crippen molar-refractivity contribution >= 4 is 23.7 Å². The standard InChI is InChI=1S/C13H23N3O4S/c17-5-8(6-18)14-11(19)4-2-1-3-10-12-9(7-21-10)15-13(20)16-12/h8-10,12,17-18H,1-7H2,(H,14,19)(H2,15,16,20). The first kappa shape index (κ1) is 16.4. The van der Waals surface area contributed by atoms with Gasteiger partial charge in [-0.15, -0.1) is 0 Å². The van der Waals surface area contributed by atoms with E-state index in [4.69, 9.17) is 10.2 Å². The van der Waals surface area contributed by atoms with Gasteiger partial charge in [-0.05, 0) is 12.8 Å². The summed E-state index contributed by atoms with van der Waals surface area (Å²) in [4.78, 5) is 22.8. The number of unbranched alkanes of at least 4 members (excludes halogenated alkanes) is 1. The van der Waals surface area contributed by atoms with Crippen LogP contribution in [0.5, 0.6) is 0 Å². The summed E-state index contributed by atoms with van der Waals surface area (Å²) in [6.07, 6.45) is 3.06. The third-order valence-electron chi connectivity index (χ3n) is 3.89. The quantitative estimate of drug-likeness (QED) is 0.297. The lowest BCUT2D eigenvalue weighted by Gasteiger charge is -2.16. The number of thioether (sulfide) groups is 1. The number of hydrogen-bond acceptors (Lipinski definition) is 5. The van der Waals surface area contributed by atoms with Crippen molar-refractivity contribution < 1.29 is 19.8 Å². The Morgan fingerprint density at radius 3 is 2.81 bits per heavy atom. The molecule has 2 aliphatic heterocycles. The number of aliphatic hydroxyl groups is 2. The van der Waals surface area contributed by atoms with Crippen LogP contribution in [0.2, 0.25) is 0 Å². The van der Waals surface area contributed by atoms with Gasteiger partial charge < -0.3 is 26.2 Å². The van der Waals surface area contributed by atoms with Crippen LogP contribution in [0, 0.1) is 0 Å². The van der Waals surface area contributed by atoms with Crippen molar-refractivity contribution in [3.05, 3.63) is 0 Å². The van der Waals surface area contributed by atoms with Crippen LogP contribution in [0.15, 0.2) is 0 Å². The molecule has 2 rings (SSSR count). The van der Waals surface area contributed by atoms with Crippen molar-refractivity contribution in [1.82, 2.24) is 16.0 Å². The largest absolute Gasteiger partial charge is 0.394 e. The lowest BCUT2D eigenvalue weighted by Crippen LogP contribution is -2.40. The number of carbonyl (C=O) groups is 2. The minimum atomic E-state index is -0.566. The van der Waals surface area contributed by atoms with E-state index in [1.807, 2.05) is 11.8 Å². The van der Waals surface area contributed by atoms with Gasteiger partial charge in [-0.1, -0.05) is 6.42 Å². The highest BCUT2D eigenvalue weighted by Gasteiger charge is 2.42. The van der Waals surface area contributed by atoms with E-state index in [2.05, 4.69) is 16.0 Å². The maximum absolute atomic E-state index is 11.6. The molecule has 2 heterocycles. The molecule has 0 aliphatic carbocycles. The molecule has 3 amide bonds. The number of hydrogen-bond donors (Lipinski definition) is 5. The molecule has 3 unspecified atom stereocenters. The highest BCUT2D eigenvalue weighted by molar-refractivity contribution is 8.00. The third kappa shape index (κ3) is 4.49. The van der Waals surface area contributed by atoms with E-state index in [-0.39, 0.29) is 37.2 Å². The van der Waals surface area contributed by atoms with Gasteiger partial charge in [-0.25, -0.2) is 4.79 Å². The summed E-state index contributed by atoms with van der Waals surface area (Å²) in [7, 11) is 0. The van der Waals surface area contributed by atoms with Crippen molar-refractivity contribution in [3.63, 3.8) is 0 Å². The summed E-state index contributed by atoms with van der Waals surface area (Å²) in [5.74, 6) is 0.805. The van der Waals surface area contributed by atoms with Gasteiger partial charge in [0.1, 0.15) is 0 Å². The molecule has 0 radical (unpaired) electrons. The molecule has 2 fully saturated rings. The predicted octanol–water partition coefficient (Wildman–Crippen LogP) is -0.818. The van der Waals surface area contributed by atoms with Crippen LogP contribution in [0.25, 0.3) is 0 Å². The molecule has 8 heteroatoms. The van der Waals surface area contributed by atoms with Gasteiger partial charge in [-0.3, -0.25) is 4.79 Å². The fraction of sp³-hybridized carbons (Fsp3) is 0.846. The Labute approximate surface area is 128 Å². The Morgan fingerprint density at radius 2 is 2.10 bits per heavy atom. The van der Waals surface area contributed by atoms with Gasteiger partial charge in [0.05, 0.1) is 31.3 Å². The number of urea groups is 1. The lowest BCUT2D eigenvalue weighted by atomic mass is 10.0. The lowest BCUT2D eigenvalue weighted by molar-refractivity contribution is -0.122. The highest BCUT2D eigenvalue weighted by Crippen LogP contribution is 2.33. The normalized spacial score (nSPS) is 27.4. The van der Waals surface area contributed by atoms with Crippen LogP contribution in [0.4, 0.5) is 4.79 Å². The predicted molar refractivity (Wildman–Crippen MR) is 80.1 cm³/mol. The van der Waals surface area contributed by atoms with E-state index in [0.29, 0.717) is 11.7 Å². The molecular formula is C13H23N3O4S. The molecule has 2 aliphatic rings. The fourth-order valence-electron chi connectivity index (χ4n) is 2.72. The van der Waals surface area contributed by atoms with E-state index < -0.39 is 6.04 Å². The number of nitrogens with one attached hydrogen (secondary N) is 3. The maximum atomic E-state index is 11.6. The van der Waals surface area contributed by atoms with Gasteiger partial charge in [0, 0.05) is 17.4 Å². The second kappa shape index (κ2) is 7.86. The minimum Gasteiger partial charge on any atom is -0.394 e. The van der Waals surface area contributed by atoms with Gasteiger partial charge in [0.2, 0.25) is 5.91 Å². The van der Waals surface area contributed by atoms with Gasteiger partial charge in [0.15, 0.2) is 0 Å². The first-order valence-electron chi connectivity index (χ1n) is 7.33. The molecular weight excluding hydrogens is 294 g/mol. The molecule has 120 valence electrons. The zero-order chi connectivity index (χ0) is 15.2. The Morgan fingerprint density at radius 1 is 1.33 bits per heavy atom. The van der Waals surface area contributed by atoms with Crippen LogP contribution in [0.1, 0.15) is 25.7 Å². The molecule has 0 spiro atoms. The Hall–Kier alpha value is -0.990. The van der Waals surface area contributed by atoms with Crippen LogP contribution in [-0.4, -0.2) is 64.5 Å². The zero-order valence-corrected chi connectivity index (χ0v) is 12.7. The molecule has 21 heavy (non-hydrogen) atoms. The SMILES string of the molecule is O=C(CCCCC1SCC2NC(=O)NC21)NC(CO)CO. The maximum Gasteiger partial charge on any atom is 0.315 e. The van der Waals surface area contributed by atoms with Crippen molar-refractivity contribution in [2.45, 2.75) is 49.1 Å². The number of aliphatic hydroxyl groups excluding tert-OH is 2. The number of amides is 3. The monoisotopic (exact) mass is 317 g/mol. The van der Waals surface area contributed by atoms with Gasteiger partial charge >= 0.3 is 6.03 Å². The highest BCUT2D eigenvalue weighted by atomic mass is 32.2. The van der Waals surface area contributed by atoms with Crippen molar-refractivity contribution in [1.29, 1.82) is 0 Å². The van der Waals surface area contributed by atoms with E-state index in [9.17, 15) is 9.59 Å². The second-order valence-electron chi connectivity index (χ2n) is 5.50. The Bertz CT molecular complexity index is 378. The molecule has 0 aromatic rings. The van der Waals surface area contributed by atoms with Crippen LogP contribution < -0.4 is 16.0 Å². The molecule has 2 saturated heterocycles. The first-order chi connectivity index (χ1) is 10.1. The van der Waals surface area contributed by atoms with Crippen molar-refractivity contribution in [2.24, 2.45) is 0 Å². The molecule has 0 saturated carbocycles. The summed E-state index contributed by atoms with van der Waals surface area (Å²) in [5.41, 5.74) is 0. The topological polar surface area (TPSA) is 111 Å². The van der Waals surface area contributed by atoms with Gasteiger partial charge in [0.25, 0.3) is 0 Å². The van der Waals surface area contributed by atoms with Crippen molar-refractivity contribution in [3.8, 4) is 0 Å². The average molecular weight is 317 g/mol. The number of carbonyl (C=O) groups excluding carboxylic acids is 2. The Balaban J connectivity index is 1.60. The molecule has 7 nitrogen and oxygen atoms in total. The summed E-state index contributed by atoms with van der Waals surface area (Å²) >= 11 is 1.87. The van der Waals surface area contributed by atoms with E-state index in [1.165, 1.54) is 0 Å². The first-order valence-corrected chi connectivity index (χ1v) is 8.38. The van der Waals surface area contributed by atoms with Crippen molar-refractivity contribution in [2.75, 3.05) is 19.0 Å². The summed E-state index contributed by atoms with van der Waals surface area (Å²) < 4.78 is 0. The smallest absolute Gasteiger partial charge is 0.315 e. The second-order valence-corrected chi connectivity index (χ2v) is 6.77. The molecule has 5 N–H and O–H groups in total. The van der Waals surface area contributed by atoms with E-state index in [1.54, 1.807) is 0 Å². The van der Waals surface area contributed by atoms with E-state index in [0.717, 1.165) is 25.0 Å². The van der Waals surface area contributed by atoms with Crippen LogP contribution in [-0.2, 0) is 4.79 Å². The summed E-state index contributed by atoms with van der Waals surface area (Å²) in [6, 6.07) is -0.188. The van der Waals surface area contributed by atoms with Crippen LogP contribution >= 0.6 is 11.8 Å². The number of rotatable bonds is 8. The average Bonchev–Trinajstić information content (AvgIpc) is 3.00. The molecule has 0 bridgehead atoms. The fourth-order valence-corrected chi connectivity index (χ4v) is 4.27. The molecule has 0 aromatic carbocycles. The molecule has 3 atom stereocenters. The number of fused-ring (bicyclic) bond motifs is 1. The van der Waals surface area contributed by atoms with Gasteiger partial charge in [-0.2, -0.15) is 11.8 Å². The minimum absolute atomic E-state index is 0.0753. The third-order valence-corrected chi connectivity index (χ3v) is 5.40.